The van der Waals surface area contributed by atoms with E-state index in [-0.39, 0.29) is 29.9 Å². The number of hydrogen-bond acceptors (Lipinski definition) is 5. The lowest BCUT2D eigenvalue weighted by Gasteiger charge is -2.34. The number of benzene rings is 1. The summed E-state index contributed by atoms with van der Waals surface area (Å²) in [5.41, 5.74) is 0.867. The average Bonchev–Trinajstić information content (AvgIpc) is 2.67. The molecule has 8 nitrogen and oxygen atoms in total. The van der Waals surface area contributed by atoms with Gasteiger partial charge in [-0.3, -0.25) is 14.7 Å². The molecule has 9 heteroatoms. The number of guanidine groups is 1. The van der Waals surface area contributed by atoms with Crippen LogP contribution in [-0.4, -0.2) is 82.2 Å². The summed E-state index contributed by atoms with van der Waals surface area (Å²) in [6.07, 6.45) is 0. The number of ether oxygens (including phenoxy) is 2. The number of methoxy groups -OCH3 is 2. The van der Waals surface area contributed by atoms with Gasteiger partial charge in [0, 0.05) is 65.0 Å². The second-order valence-electron chi connectivity index (χ2n) is 6.04. The summed E-state index contributed by atoms with van der Waals surface area (Å²) in [6.45, 7) is 6.71. The van der Waals surface area contributed by atoms with E-state index in [4.69, 9.17) is 9.47 Å². The molecule has 0 saturated carbocycles. The smallest absolute Gasteiger partial charge is 0.219 e. The van der Waals surface area contributed by atoms with Gasteiger partial charge in [-0.2, -0.15) is 0 Å². The highest BCUT2D eigenvalue weighted by Crippen LogP contribution is 2.29. The molecule has 0 radical (unpaired) electrons. The Bertz CT molecular complexity index is 633. The molecule has 0 spiro atoms. The fourth-order valence-electron chi connectivity index (χ4n) is 2.85. The van der Waals surface area contributed by atoms with Crippen molar-refractivity contribution in [3.63, 3.8) is 0 Å². The molecule has 1 aromatic rings. The molecule has 1 aliphatic heterocycles. The fraction of sp³-hybridized carbons (Fsp3) is 0.556. The zero-order valence-electron chi connectivity index (χ0n) is 16.4. The molecule has 1 aliphatic rings. The molecule has 2 N–H and O–H groups in total. The van der Waals surface area contributed by atoms with E-state index in [1.165, 1.54) is 0 Å². The minimum absolute atomic E-state index is 0. The van der Waals surface area contributed by atoms with Crippen LogP contribution >= 0.6 is 24.0 Å². The molecule has 1 aromatic carbocycles. The van der Waals surface area contributed by atoms with Gasteiger partial charge < -0.3 is 25.0 Å². The largest absolute Gasteiger partial charge is 0.493 e. The molecule has 27 heavy (non-hydrogen) atoms. The molecule has 1 heterocycles. The van der Waals surface area contributed by atoms with Crippen LogP contribution in [-0.2, 0) is 4.79 Å². The van der Waals surface area contributed by atoms with Gasteiger partial charge in [0.1, 0.15) is 0 Å². The first-order valence-corrected chi connectivity index (χ1v) is 8.75. The lowest BCUT2D eigenvalue weighted by Crippen LogP contribution is -2.50. The maximum Gasteiger partial charge on any atom is 0.219 e. The summed E-state index contributed by atoms with van der Waals surface area (Å²) in [4.78, 5) is 19.8. The second-order valence-corrected chi connectivity index (χ2v) is 6.04. The van der Waals surface area contributed by atoms with Gasteiger partial charge in [-0.15, -0.1) is 24.0 Å². The van der Waals surface area contributed by atoms with Gasteiger partial charge in [-0.25, -0.2) is 0 Å². The van der Waals surface area contributed by atoms with Crippen molar-refractivity contribution < 1.29 is 14.3 Å². The number of piperazine rings is 1. The Hall–Kier alpha value is -1.75. The van der Waals surface area contributed by atoms with Gasteiger partial charge in [0.25, 0.3) is 0 Å². The van der Waals surface area contributed by atoms with E-state index < -0.39 is 0 Å². The number of rotatable bonds is 6. The number of carbonyl (C=O) groups is 1. The third kappa shape index (κ3) is 7.06. The number of carbonyl (C=O) groups excluding carboxylic acids is 1. The highest BCUT2D eigenvalue weighted by molar-refractivity contribution is 14.0. The second kappa shape index (κ2) is 11.9. The Labute approximate surface area is 178 Å². The van der Waals surface area contributed by atoms with Crippen LogP contribution in [0.3, 0.4) is 0 Å². The van der Waals surface area contributed by atoms with Crippen LogP contribution in [0.15, 0.2) is 23.2 Å². The van der Waals surface area contributed by atoms with Gasteiger partial charge in [0.15, 0.2) is 17.5 Å². The van der Waals surface area contributed by atoms with Gasteiger partial charge in [0.2, 0.25) is 5.91 Å². The standard InChI is InChI=1S/C18H29N5O3.HI/c1-14(24)23-11-9-22(10-12-23)8-7-20-18(19-2)21-15-5-6-16(25-3)17(13-15)26-4;/h5-6,13H,7-12H2,1-4H3,(H2,19,20,21);1H. The Morgan fingerprint density at radius 1 is 1.15 bits per heavy atom. The minimum Gasteiger partial charge on any atom is -0.493 e. The number of amides is 1. The fourth-order valence-corrected chi connectivity index (χ4v) is 2.85. The molecule has 0 aromatic heterocycles. The Kier molecular flexibility index (Phi) is 10.2. The highest BCUT2D eigenvalue weighted by Gasteiger charge is 2.18. The van der Waals surface area contributed by atoms with Crippen LogP contribution in [0.25, 0.3) is 0 Å². The van der Waals surface area contributed by atoms with Crippen molar-refractivity contribution in [3.8, 4) is 11.5 Å². The molecular formula is C18H30IN5O3. The Morgan fingerprint density at radius 2 is 1.81 bits per heavy atom. The van der Waals surface area contributed by atoms with Gasteiger partial charge in [0.05, 0.1) is 14.2 Å². The Balaban J connectivity index is 0.00000364. The summed E-state index contributed by atoms with van der Waals surface area (Å²) < 4.78 is 10.6. The van der Waals surface area contributed by atoms with Crippen LogP contribution in [0.5, 0.6) is 11.5 Å². The SMILES string of the molecule is CN=C(NCCN1CCN(C(C)=O)CC1)Nc1ccc(OC)c(OC)c1.I. The van der Waals surface area contributed by atoms with Crippen molar-refractivity contribution >= 4 is 41.5 Å². The van der Waals surface area contributed by atoms with Gasteiger partial charge in [-0.1, -0.05) is 0 Å². The lowest BCUT2D eigenvalue weighted by molar-refractivity contribution is -0.130. The van der Waals surface area contributed by atoms with Crippen LogP contribution in [0, 0.1) is 0 Å². The van der Waals surface area contributed by atoms with E-state index in [0.29, 0.717) is 17.5 Å². The number of nitrogens with one attached hydrogen (secondary N) is 2. The zero-order valence-corrected chi connectivity index (χ0v) is 18.8. The van der Waals surface area contributed by atoms with E-state index in [0.717, 1.165) is 45.0 Å². The monoisotopic (exact) mass is 491 g/mol. The molecule has 152 valence electrons. The van der Waals surface area contributed by atoms with Crippen LogP contribution in [0.2, 0.25) is 0 Å². The van der Waals surface area contributed by atoms with E-state index in [1.54, 1.807) is 28.2 Å². The third-order valence-electron chi connectivity index (χ3n) is 4.41. The predicted molar refractivity (Wildman–Crippen MR) is 119 cm³/mol. The van der Waals surface area contributed by atoms with Crippen molar-refractivity contribution in [2.24, 2.45) is 4.99 Å². The quantitative estimate of drug-likeness (QED) is 0.357. The number of anilines is 1. The summed E-state index contributed by atoms with van der Waals surface area (Å²) >= 11 is 0. The number of aliphatic imine (C=N–C) groups is 1. The number of nitrogens with zero attached hydrogens (tertiary/aromatic N) is 3. The molecule has 0 atom stereocenters. The Morgan fingerprint density at radius 3 is 2.37 bits per heavy atom. The molecule has 0 unspecified atom stereocenters. The van der Waals surface area contributed by atoms with Crippen LogP contribution < -0.4 is 20.1 Å². The number of hydrogen-bond donors (Lipinski definition) is 2. The van der Waals surface area contributed by atoms with Gasteiger partial charge in [-0.05, 0) is 12.1 Å². The first-order chi connectivity index (χ1) is 12.6. The predicted octanol–water partition coefficient (Wildman–Crippen LogP) is 1.47. The minimum atomic E-state index is 0. The lowest BCUT2D eigenvalue weighted by atomic mass is 10.2. The topological polar surface area (TPSA) is 78.4 Å². The van der Waals surface area contributed by atoms with Crippen molar-refractivity contribution in [1.29, 1.82) is 0 Å². The normalized spacial score (nSPS) is 15.0. The maximum absolute atomic E-state index is 11.4. The van der Waals surface area contributed by atoms with Crippen LogP contribution in [0.1, 0.15) is 6.92 Å². The average molecular weight is 491 g/mol. The maximum atomic E-state index is 11.4. The zero-order chi connectivity index (χ0) is 18.9. The van der Waals surface area contributed by atoms with E-state index in [2.05, 4.69) is 20.5 Å². The summed E-state index contributed by atoms with van der Waals surface area (Å²) in [7, 11) is 4.96. The summed E-state index contributed by atoms with van der Waals surface area (Å²) in [5, 5.41) is 6.56. The molecule has 0 bridgehead atoms. The van der Waals surface area contributed by atoms with E-state index in [1.807, 2.05) is 23.1 Å². The molecule has 1 fully saturated rings. The van der Waals surface area contributed by atoms with Crippen molar-refractivity contribution in [3.05, 3.63) is 18.2 Å². The van der Waals surface area contributed by atoms with Crippen LogP contribution in [0.4, 0.5) is 5.69 Å². The molecule has 1 amide bonds. The van der Waals surface area contributed by atoms with E-state index in [9.17, 15) is 4.79 Å². The molecule has 0 aliphatic carbocycles. The third-order valence-corrected chi connectivity index (χ3v) is 4.41. The van der Waals surface area contributed by atoms with Gasteiger partial charge >= 0.3 is 0 Å². The highest BCUT2D eigenvalue weighted by atomic mass is 127. The summed E-state index contributed by atoms with van der Waals surface area (Å²) in [5.74, 6) is 2.20. The van der Waals surface area contributed by atoms with Crippen molar-refractivity contribution in [2.75, 3.05) is 65.9 Å². The van der Waals surface area contributed by atoms with E-state index >= 15 is 0 Å². The molecular weight excluding hydrogens is 461 g/mol. The molecule has 2 rings (SSSR count). The van der Waals surface area contributed by atoms with Crippen molar-refractivity contribution in [1.82, 2.24) is 15.1 Å². The first-order valence-electron chi connectivity index (χ1n) is 8.75. The molecule has 1 saturated heterocycles. The number of halogens is 1. The van der Waals surface area contributed by atoms with Crippen molar-refractivity contribution in [2.45, 2.75) is 6.92 Å². The first kappa shape index (κ1) is 23.3. The summed E-state index contributed by atoms with van der Waals surface area (Å²) in [6, 6.07) is 5.63.